The van der Waals surface area contributed by atoms with Crippen LogP contribution in [0, 0.1) is 17.5 Å². The fourth-order valence-corrected chi connectivity index (χ4v) is 2.30. The lowest BCUT2D eigenvalue weighted by molar-refractivity contribution is -0.131. The van der Waals surface area contributed by atoms with E-state index in [1.165, 1.54) is 0 Å². The van der Waals surface area contributed by atoms with Gasteiger partial charge in [-0.25, -0.2) is 18.0 Å². The Labute approximate surface area is 137 Å². The third-order valence-corrected chi connectivity index (χ3v) is 3.47. The molecule has 0 aliphatic carbocycles. The molecule has 2 aromatic carbocycles. The van der Waals surface area contributed by atoms with Crippen LogP contribution in [0.25, 0.3) is 0 Å². The molecule has 0 aliphatic heterocycles. The van der Waals surface area contributed by atoms with E-state index in [9.17, 15) is 18.0 Å². The Morgan fingerprint density at radius 3 is 2.38 bits per heavy atom. The number of allylic oxidation sites excluding steroid dienone is 1. The number of hydrogen-bond acceptors (Lipinski definition) is 2. The Bertz CT molecular complexity index is 760. The minimum atomic E-state index is -1.29. The third-order valence-electron chi connectivity index (χ3n) is 3.47. The Hall–Kier alpha value is -2.76. The van der Waals surface area contributed by atoms with Crippen molar-refractivity contribution in [3.63, 3.8) is 0 Å². The topological polar surface area (TPSA) is 49.3 Å². The molecule has 0 saturated heterocycles. The first-order chi connectivity index (χ1) is 11.4. The number of benzene rings is 2. The van der Waals surface area contributed by atoms with Gasteiger partial charge in [-0.15, -0.1) is 0 Å². The molecule has 2 rings (SSSR count). The molecule has 0 aliphatic rings. The van der Waals surface area contributed by atoms with Crippen molar-refractivity contribution >= 4 is 5.97 Å². The summed E-state index contributed by atoms with van der Waals surface area (Å²) in [5.74, 6) is -4.62. The van der Waals surface area contributed by atoms with E-state index >= 15 is 0 Å². The number of carboxylic acids is 1. The molecule has 3 nitrogen and oxygen atoms in total. The molecule has 0 radical (unpaired) electrons. The zero-order chi connectivity index (χ0) is 17.7. The number of halogens is 3. The highest BCUT2D eigenvalue weighted by molar-refractivity contribution is 5.80. The average molecular weight is 335 g/mol. The molecule has 0 amide bonds. The summed E-state index contributed by atoms with van der Waals surface area (Å²) in [5, 5.41) is 11.9. The average Bonchev–Trinajstić information content (AvgIpc) is 2.52. The van der Waals surface area contributed by atoms with E-state index in [1.807, 2.05) is 37.3 Å². The molecule has 2 N–H and O–H groups in total. The zero-order valence-corrected chi connectivity index (χ0v) is 12.9. The van der Waals surface area contributed by atoms with Crippen molar-refractivity contribution in [3.05, 3.63) is 82.8 Å². The second-order valence-corrected chi connectivity index (χ2v) is 5.32. The third kappa shape index (κ3) is 4.62. The Kier molecular flexibility index (Phi) is 5.63. The van der Waals surface area contributed by atoms with Gasteiger partial charge in [-0.3, -0.25) is 0 Å². The Morgan fingerprint density at radius 1 is 1.12 bits per heavy atom. The van der Waals surface area contributed by atoms with Gasteiger partial charge >= 0.3 is 5.97 Å². The summed E-state index contributed by atoms with van der Waals surface area (Å²) in [6.45, 7) is 1.81. The second kappa shape index (κ2) is 7.68. The monoisotopic (exact) mass is 335 g/mol. The van der Waals surface area contributed by atoms with E-state index in [1.54, 1.807) is 0 Å². The number of carbonyl (C=O) groups is 1. The summed E-state index contributed by atoms with van der Waals surface area (Å²) >= 11 is 0. The summed E-state index contributed by atoms with van der Waals surface area (Å²) in [6.07, 6.45) is 0.687. The maximum Gasteiger partial charge on any atom is 0.330 e. The van der Waals surface area contributed by atoms with Gasteiger partial charge in [0.05, 0.1) is 0 Å². The fourth-order valence-electron chi connectivity index (χ4n) is 2.30. The first kappa shape index (κ1) is 17.6. The van der Waals surface area contributed by atoms with Crippen molar-refractivity contribution in [1.29, 1.82) is 0 Å². The number of aliphatic carboxylic acids is 1. The number of carboxylic acid groups (broad SMARTS) is 1. The van der Waals surface area contributed by atoms with Gasteiger partial charge in [0.2, 0.25) is 0 Å². The fraction of sp³-hybridized carbons (Fsp3) is 0.167. The summed E-state index contributed by atoms with van der Waals surface area (Å²) in [4.78, 5) is 11.0. The SMILES string of the molecule is C[C@@H](N/C(=C\C(=O)O)Cc1cc(F)c(F)cc1F)c1ccccc1. The van der Waals surface area contributed by atoms with Crippen LogP contribution in [-0.2, 0) is 11.2 Å². The van der Waals surface area contributed by atoms with Gasteiger partial charge in [-0.1, -0.05) is 30.3 Å². The normalized spacial score (nSPS) is 12.8. The first-order valence-corrected chi connectivity index (χ1v) is 7.25. The van der Waals surface area contributed by atoms with Crippen molar-refractivity contribution in [2.75, 3.05) is 0 Å². The summed E-state index contributed by atoms with van der Waals surface area (Å²) in [7, 11) is 0. The van der Waals surface area contributed by atoms with Crippen molar-refractivity contribution in [3.8, 4) is 0 Å². The molecule has 24 heavy (non-hydrogen) atoms. The van der Waals surface area contributed by atoms with E-state index < -0.39 is 23.4 Å². The minimum absolute atomic E-state index is 0.130. The van der Waals surface area contributed by atoms with Gasteiger partial charge in [-0.2, -0.15) is 0 Å². The predicted octanol–water partition coefficient (Wildman–Crippen LogP) is 3.97. The molecule has 2 aromatic rings. The molecule has 0 heterocycles. The van der Waals surface area contributed by atoms with Crippen LogP contribution in [0.1, 0.15) is 24.1 Å². The zero-order valence-electron chi connectivity index (χ0n) is 12.9. The van der Waals surface area contributed by atoms with Gasteiger partial charge in [0.25, 0.3) is 0 Å². The second-order valence-electron chi connectivity index (χ2n) is 5.32. The van der Waals surface area contributed by atoms with Gasteiger partial charge in [0.1, 0.15) is 5.82 Å². The highest BCUT2D eigenvalue weighted by Crippen LogP contribution is 2.19. The highest BCUT2D eigenvalue weighted by Gasteiger charge is 2.14. The molecular weight excluding hydrogens is 319 g/mol. The van der Waals surface area contributed by atoms with Crippen LogP contribution < -0.4 is 5.32 Å². The minimum Gasteiger partial charge on any atom is -0.478 e. The number of hydrogen-bond donors (Lipinski definition) is 2. The van der Waals surface area contributed by atoms with E-state index in [0.29, 0.717) is 6.07 Å². The van der Waals surface area contributed by atoms with Crippen molar-refractivity contribution < 1.29 is 23.1 Å². The molecular formula is C18H16F3NO2. The van der Waals surface area contributed by atoms with Crippen LogP contribution in [0.15, 0.2) is 54.2 Å². The molecule has 0 unspecified atom stereocenters. The molecule has 0 bridgehead atoms. The summed E-state index contributed by atoms with van der Waals surface area (Å²) in [6, 6.07) is 10.2. The van der Waals surface area contributed by atoms with E-state index in [4.69, 9.17) is 5.11 Å². The largest absolute Gasteiger partial charge is 0.478 e. The molecule has 126 valence electrons. The van der Waals surface area contributed by atoms with Gasteiger partial charge in [0.15, 0.2) is 11.6 Å². The molecule has 0 aromatic heterocycles. The van der Waals surface area contributed by atoms with Crippen LogP contribution in [0.3, 0.4) is 0 Å². The Balaban J connectivity index is 2.24. The quantitative estimate of drug-likeness (QED) is 0.620. The molecule has 0 spiro atoms. The van der Waals surface area contributed by atoms with E-state index in [-0.39, 0.29) is 23.7 Å². The molecule has 0 fully saturated rings. The van der Waals surface area contributed by atoms with Crippen LogP contribution >= 0.6 is 0 Å². The van der Waals surface area contributed by atoms with Gasteiger partial charge in [0, 0.05) is 30.3 Å². The van der Waals surface area contributed by atoms with Crippen molar-refractivity contribution in [2.45, 2.75) is 19.4 Å². The lowest BCUT2D eigenvalue weighted by Crippen LogP contribution is -2.21. The maximum absolute atomic E-state index is 13.8. The van der Waals surface area contributed by atoms with E-state index in [0.717, 1.165) is 17.7 Å². The predicted molar refractivity (Wildman–Crippen MR) is 83.7 cm³/mol. The van der Waals surface area contributed by atoms with Crippen molar-refractivity contribution in [1.82, 2.24) is 5.32 Å². The van der Waals surface area contributed by atoms with Crippen molar-refractivity contribution in [2.24, 2.45) is 0 Å². The van der Waals surface area contributed by atoms with Crippen LogP contribution in [0.4, 0.5) is 13.2 Å². The standard InChI is InChI=1S/C18H16F3NO2/c1-11(12-5-3-2-4-6-12)22-14(9-18(23)24)7-13-8-16(20)17(21)10-15(13)19/h2-6,8-11,22H,7H2,1H3,(H,23,24)/b14-9-/t11-/m1/s1. The van der Waals surface area contributed by atoms with E-state index in [2.05, 4.69) is 5.32 Å². The van der Waals surface area contributed by atoms with Gasteiger partial charge < -0.3 is 10.4 Å². The summed E-state index contributed by atoms with van der Waals surface area (Å²) < 4.78 is 40.1. The number of nitrogens with one attached hydrogen (secondary N) is 1. The summed E-state index contributed by atoms with van der Waals surface area (Å²) in [5.41, 5.74) is 0.956. The first-order valence-electron chi connectivity index (χ1n) is 7.25. The van der Waals surface area contributed by atoms with Crippen LogP contribution in [0.2, 0.25) is 0 Å². The lowest BCUT2D eigenvalue weighted by Gasteiger charge is -2.18. The maximum atomic E-state index is 13.8. The highest BCUT2D eigenvalue weighted by atomic mass is 19.2. The molecule has 1 atom stereocenters. The lowest BCUT2D eigenvalue weighted by atomic mass is 10.1. The van der Waals surface area contributed by atoms with Gasteiger partial charge in [-0.05, 0) is 24.1 Å². The van der Waals surface area contributed by atoms with Crippen LogP contribution in [0.5, 0.6) is 0 Å². The molecule has 6 heteroatoms. The Morgan fingerprint density at radius 2 is 1.75 bits per heavy atom. The molecule has 0 saturated carbocycles. The number of rotatable bonds is 6. The smallest absolute Gasteiger partial charge is 0.330 e. The van der Waals surface area contributed by atoms with Crippen LogP contribution in [-0.4, -0.2) is 11.1 Å².